The highest BCUT2D eigenvalue weighted by Gasteiger charge is 2.23. The van der Waals surface area contributed by atoms with Crippen molar-refractivity contribution >= 4 is 28.4 Å². The fourth-order valence-electron chi connectivity index (χ4n) is 3.12. The van der Waals surface area contributed by atoms with Gasteiger partial charge in [0.2, 0.25) is 5.91 Å². The van der Waals surface area contributed by atoms with Crippen molar-refractivity contribution in [2.45, 2.75) is 32.9 Å². The van der Waals surface area contributed by atoms with Crippen LogP contribution >= 0.6 is 11.6 Å². The van der Waals surface area contributed by atoms with E-state index in [2.05, 4.69) is 4.98 Å². The number of rotatable bonds is 5. The molecule has 0 spiro atoms. The summed E-state index contributed by atoms with van der Waals surface area (Å²) in [6.07, 6.45) is 0.307. The number of amides is 1. The number of fused-ring (bicyclic) bond motifs is 1. The summed E-state index contributed by atoms with van der Waals surface area (Å²) in [4.78, 5) is 31.9. The Morgan fingerprint density at radius 3 is 2.59 bits per heavy atom. The molecule has 5 nitrogen and oxygen atoms in total. The molecule has 0 N–H and O–H groups in total. The Labute approximate surface area is 163 Å². The molecule has 3 rings (SSSR count). The van der Waals surface area contributed by atoms with Gasteiger partial charge in [-0.25, -0.2) is 4.98 Å². The largest absolute Gasteiger partial charge is 0.336 e. The lowest BCUT2D eigenvalue weighted by atomic mass is 10.1. The Hall–Kier alpha value is -2.66. The topological polar surface area (TPSA) is 55.2 Å². The van der Waals surface area contributed by atoms with Gasteiger partial charge in [0, 0.05) is 18.6 Å². The highest BCUT2D eigenvalue weighted by molar-refractivity contribution is 6.31. The minimum absolute atomic E-state index is 0.0261. The number of carbonyl (C=O) groups is 1. The third kappa shape index (κ3) is 3.88. The second-order valence-electron chi connectivity index (χ2n) is 6.52. The van der Waals surface area contributed by atoms with Crippen LogP contribution in [-0.2, 0) is 17.8 Å². The quantitative estimate of drug-likeness (QED) is 0.672. The molecule has 0 radical (unpaired) electrons. The van der Waals surface area contributed by atoms with Crippen LogP contribution in [0, 0.1) is 0 Å². The predicted octanol–water partition coefficient (Wildman–Crippen LogP) is 3.83. The van der Waals surface area contributed by atoms with E-state index in [0.29, 0.717) is 34.7 Å². The van der Waals surface area contributed by atoms with E-state index in [1.165, 1.54) is 0 Å². The minimum Gasteiger partial charge on any atom is -0.336 e. The van der Waals surface area contributed by atoms with E-state index in [9.17, 15) is 9.59 Å². The Morgan fingerprint density at radius 2 is 1.93 bits per heavy atom. The van der Waals surface area contributed by atoms with Crippen LogP contribution in [-0.4, -0.2) is 27.4 Å². The second-order valence-corrected chi connectivity index (χ2v) is 6.96. The van der Waals surface area contributed by atoms with Crippen molar-refractivity contribution in [3.8, 4) is 0 Å². The average Bonchev–Trinajstić information content (AvgIpc) is 2.68. The monoisotopic (exact) mass is 383 g/mol. The first-order valence-electron chi connectivity index (χ1n) is 8.92. The molecule has 0 bridgehead atoms. The molecule has 0 fully saturated rings. The molecule has 1 amide bonds. The van der Waals surface area contributed by atoms with E-state index >= 15 is 0 Å². The number of benzene rings is 2. The summed E-state index contributed by atoms with van der Waals surface area (Å²) in [5.41, 5.74) is 1.39. The maximum Gasteiger partial charge on any atom is 0.261 e. The van der Waals surface area contributed by atoms with Crippen LogP contribution in [0.3, 0.4) is 0 Å². The molecule has 1 aromatic heterocycles. The van der Waals surface area contributed by atoms with Gasteiger partial charge in [0.15, 0.2) is 0 Å². The Morgan fingerprint density at radius 1 is 1.22 bits per heavy atom. The number of aromatic nitrogens is 2. The van der Waals surface area contributed by atoms with Crippen molar-refractivity contribution in [2.75, 3.05) is 7.05 Å². The van der Waals surface area contributed by atoms with Gasteiger partial charge in [-0.05, 0) is 37.6 Å². The summed E-state index contributed by atoms with van der Waals surface area (Å²) in [7, 11) is 1.74. The first-order chi connectivity index (χ1) is 12.9. The van der Waals surface area contributed by atoms with Gasteiger partial charge in [0.25, 0.3) is 5.56 Å². The first-order valence-corrected chi connectivity index (χ1v) is 9.29. The van der Waals surface area contributed by atoms with Crippen LogP contribution < -0.4 is 5.56 Å². The number of likely N-dealkylation sites (N-methyl/N-ethyl adjacent to an activating group) is 1. The fraction of sp³-hybridized carbons (Fsp3) is 0.286. The van der Waals surface area contributed by atoms with Gasteiger partial charge < -0.3 is 4.90 Å². The summed E-state index contributed by atoms with van der Waals surface area (Å²) in [6, 6.07) is 14.4. The van der Waals surface area contributed by atoms with Crippen LogP contribution in [0.2, 0.25) is 5.02 Å². The van der Waals surface area contributed by atoms with E-state index in [1.807, 2.05) is 44.2 Å². The van der Waals surface area contributed by atoms with Gasteiger partial charge >= 0.3 is 0 Å². The third-order valence-corrected chi connectivity index (χ3v) is 5.04. The van der Waals surface area contributed by atoms with E-state index in [4.69, 9.17) is 11.6 Å². The lowest BCUT2D eigenvalue weighted by Crippen LogP contribution is -2.35. The average molecular weight is 384 g/mol. The molecule has 0 saturated carbocycles. The van der Waals surface area contributed by atoms with Gasteiger partial charge in [0.05, 0.1) is 23.4 Å². The number of hydrogen-bond donors (Lipinski definition) is 0. The number of hydrogen-bond acceptors (Lipinski definition) is 3. The van der Waals surface area contributed by atoms with Gasteiger partial charge in [-0.1, -0.05) is 41.9 Å². The molecule has 1 atom stereocenters. The summed E-state index contributed by atoms with van der Waals surface area (Å²) in [5.74, 6) is 0.544. The first kappa shape index (κ1) is 19.1. The van der Waals surface area contributed by atoms with Crippen molar-refractivity contribution in [1.29, 1.82) is 0 Å². The van der Waals surface area contributed by atoms with E-state index in [-0.39, 0.29) is 17.5 Å². The highest BCUT2D eigenvalue weighted by Crippen LogP contribution is 2.21. The summed E-state index contributed by atoms with van der Waals surface area (Å²) >= 11 is 6.03. The number of carbonyl (C=O) groups excluding carboxylic acids is 1. The van der Waals surface area contributed by atoms with E-state index < -0.39 is 0 Å². The number of halogens is 1. The zero-order chi connectivity index (χ0) is 19.6. The van der Waals surface area contributed by atoms with Crippen molar-refractivity contribution < 1.29 is 4.79 Å². The highest BCUT2D eigenvalue weighted by atomic mass is 35.5. The summed E-state index contributed by atoms with van der Waals surface area (Å²) in [5, 5.41) is 0.985. The van der Waals surface area contributed by atoms with Gasteiger partial charge in [-0.2, -0.15) is 0 Å². The standard InChI is InChI=1S/C21H22ClN3O2/c1-4-25-20(23-18-11-10-16(22)13-17(18)21(25)27)14(2)24(3)19(26)12-15-8-6-5-7-9-15/h5-11,13-14H,4,12H2,1-3H3. The van der Waals surface area contributed by atoms with Crippen molar-refractivity contribution in [3.05, 3.63) is 75.3 Å². The molecule has 6 heteroatoms. The van der Waals surface area contributed by atoms with Crippen LogP contribution in [0.15, 0.2) is 53.3 Å². The van der Waals surface area contributed by atoms with Crippen LogP contribution in [0.5, 0.6) is 0 Å². The smallest absolute Gasteiger partial charge is 0.261 e. The molecule has 3 aromatic rings. The van der Waals surface area contributed by atoms with E-state index in [1.54, 1.807) is 34.7 Å². The molecular formula is C21H22ClN3O2. The molecule has 1 heterocycles. The SMILES string of the molecule is CCn1c(C(C)N(C)C(=O)Cc2ccccc2)nc2ccc(Cl)cc2c1=O. The van der Waals surface area contributed by atoms with Crippen LogP contribution in [0.4, 0.5) is 0 Å². The van der Waals surface area contributed by atoms with E-state index in [0.717, 1.165) is 5.56 Å². The molecule has 1 unspecified atom stereocenters. The molecular weight excluding hydrogens is 362 g/mol. The lowest BCUT2D eigenvalue weighted by molar-refractivity contribution is -0.131. The Balaban J connectivity index is 1.96. The second kappa shape index (κ2) is 7.92. The molecule has 27 heavy (non-hydrogen) atoms. The minimum atomic E-state index is -0.339. The Kier molecular flexibility index (Phi) is 5.61. The van der Waals surface area contributed by atoms with Gasteiger partial charge in [-0.15, -0.1) is 0 Å². The zero-order valence-corrected chi connectivity index (χ0v) is 16.4. The van der Waals surface area contributed by atoms with Gasteiger partial charge in [0.1, 0.15) is 5.82 Å². The maximum atomic E-state index is 12.9. The summed E-state index contributed by atoms with van der Waals surface area (Å²) in [6.45, 7) is 4.24. The van der Waals surface area contributed by atoms with Crippen molar-refractivity contribution in [1.82, 2.24) is 14.5 Å². The zero-order valence-electron chi connectivity index (χ0n) is 15.6. The fourth-order valence-corrected chi connectivity index (χ4v) is 3.29. The van der Waals surface area contributed by atoms with Gasteiger partial charge in [-0.3, -0.25) is 14.2 Å². The molecule has 0 aliphatic rings. The molecule has 0 aliphatic carbocycles. The van der Waals surface area contributed by atoms with Crippen molar-refractivity contribution in [3.63, 3.8) is 0 Å². The number of nitrogens with zero attached hydrogens (tertiary/aromatic N) is 3. The lowest BCUT2D eigenvalue weighted by Gasteiger charge is -2.27. The maximum absolute atomic E-state index is 12.9. The molecule has 0 saturated heterocycles. The Bertz CT molecular complexity index is 1030. The predicted molar refractivity (Wildman–Crippen MR) is 108 cm³/mol. The molecule has 0 aliphatic heterocycles. The van der Waals surface area contributed by atoms with Crippen LogP contribution in [0.1, 0.15) is 31.3 Å². The normalized spacial score (nSPS) is 12.1. The third-order valence-electron chi connectivity index (χ3n) is 4.81. The summed E-state index contributed by atoms with van der Waals surface area (Å²) < 4.78 is 1.61. The van der Waals surface area contributed by atoms with Crippen molar-refractivity contribution in [2.24, 2.45) is 0 Å². The molecule has 140 valence electrons. The molecule has 2 aromatic carbocycles. The van der Waals surface area contributed by atoms with Crippen LogP contribution in [0.25, 0.3) is 10.9 Å².